The van der Waals surface area contributed by atoms with Gasteiger partial charge in [0.2, 0.25) is 5.91 Å². The first-order valence-electron chi connectivity index (χ1n) is 8.29. The number of amides is 2. The molecule has 1 aliphatic heterocycles. The van der Waals surface area contributed by atoms with Crippen molar-refractivity contribution in [2.75, 3.05) is 18.4 Å². The Kier molecular flexibility index (Phi) is 5.31. The van der Waals surface area contributed by atoms with Crippen molar-refractivity contribution in [1.29, 1.82) is 0 Å². The SMILES string of the molecule is CCN1CCc2c(sc(NC(=O)/C=C\c3ccccc3)c2C(N)=O)C1. The summed E-state index contributed by atoms with van der Waals surface area (Å²) in [6, 6.07) is 9.58. The fraction of sp³-hybridized carbons (Fsp3) is 0.263. The molecule has 0 fully saturated rings. The number of fused-ring (bicyclic) bond motifs is 1. The van der Waals surface area contributed by atoms with Gasteiger partial charge in [0.1, 0.15) is 5.00 Å². The van der Waals surface area contributed by atoms with Crippen LogP contribution in [-0.4, -0.2) is 29.8 Å². The van der Waals surface area contributed by atoms with Gasteiger partial charge in [-0.15, -0.1) is 11.3 Å². The average Bonchev–Trinajstić information content (AvgIpc) is 2.97. The van der Waals surface area contributed by atoms with Gasteiger partial charge in [0, 0.05) is 24.0 Å². The highest BCUT2D eigenvalue weighted by Crippen LogP contribution is 2.36. The van der Waals surface area contributed by atoms with Crippen LogP contribution in [-0.2, 0) is 17.8 Å². The summed E-state index contributed by atoms with van der Waals surface area (Å²) in [5.74, 6) is -0.748. The van der Waals surface area contributed by atoms with Crippen molar-refractivity contribution in [3.63, 3.8) is 0 Å². The predicted molar refractivity (Wildman–Crippen MR) is 102 cm³/mol. The molecule has 3 N–H and O–H groups in total. The summed E-state index contributed by atoms with van der Waals surface area (Å²) in [6.45, 7) is 4.78. The molecule has 0 atom stereocenters. The first-order chi connectivity index (χ1) is 12.1. The van der Waals surface area contributed by atoms with E-state index in [9.17, 15) is 9.59 Å². The van der Waals surface area contributed by atoms with Gasteiger partial charge in [-0.1, -0.05) is 37.3 Å². The van der Waals surface area contributed by atoms with Gasteiger partial charge in [0.25, 0.3) is 5.91 Å². The lowest BCUT2D eigenvalue weighted by atomic mass is 10.0. The van der Waals surface area contributed by atoms with Gasteiger partial charge >= 0.3 is 0 Å². The van der Waals surface area contributed by atoms with Crippen LogP contribution < -0.4 is 11.1 Å². The molecule has 0 saturated carbocycles. The molecular weight excluding hydrogens is 334 g/mol. The third-order valence-electron chi connectivity index (χ3n) is 4.29. The van der Waals surface area contributed by atoms with Crippen LogP contribution in [0.1, 0.15) is 33.3 Å². The van der Waals surface area contributed by atoms with Gasteiger partial charge in [-0.25, -0.2) is 0 Å². The number of nitrogens with one attached hydrogen (secondary N) is 1. The topological polar surface area (TPSA) is 75.4 Å². The maximum absolute atomic E-state index is 12.2. The summed E-state index contributed by atoms with van der Waals surface area (Å²) in [5, 5.41) is 3.38. The van der Waals surface area contributed by atoms with Gasteiger partial charge < -0.3 is 11.1 Å². The van der Waals surface area contributed by atoms with E-state index >= 15 is 0 Å². The lowest BCUT2D eigenvalue weighted by molar-refractivity contribution is -0.111. The normalized spacial score (nSPS) is 14.4. The second kappa shape index (κ2) is 7.63. The Balaban J connectivity index is 1.80. The molecule has 0 spiro atoms. The van der Waals surface area contributed by atoms with E-state index in [1.807, 2.05) is 30.3 Å². The third kappa shape index (κ3) is 3.97. The van der Waals surface area contributed by atoms with Crippen LogP contribution in [0, 0.1) is 0 Å². The number of thiophene rings is 1. The number of carbonyl (C=O) groups is 2. The van der Waals surface area contributed by atoms with Crippen molar-refractivity contribution in [2.45, 2.75) is 19.9 Å². The Morgan fingerprint density at radius 2 is 2.08 bits per heavy atom. The van der Waals surface area contributed by atoms with Crippen molar-refractivity contribution in [1.82, 2.24) is 4.90 Å². The minimum absolute atomic E-state index is 0.266. The number of nitrogens with two attached hydrogens (primary N) is 1. The van der Waals surface area contributed by atoms with Crippen LogP contribution in [0.25, 0.3) is 6.08 Å². The zero-order valence-electron chi connectivity index (χ0n) is 14.1. The fourth-order valence-corrected chi connectivity index (χ4v) is 4.26. The van der Waals surface area contributed by atoms with E-state index in [4.69, 9.17) is 5.73 Å². The van der Waals surface area contributed by atoms with Gasteiger partial charge in [-0.2, -0.15) is 0 Å². The van der Waals surface area contributed by atoms with E-state index in [-0.39, 0.29) is 5.91 Å². The van der Waals surface area contributed by atoms with Crippen LogP contribution in [0.3, 0.4) is 0 Å². The van der Waals surface area contributed by atoms with E-state index in [1.165, 1.54) is 17.4 Å². The van der Waals surface area contributed by atoms with E-state index < -0.39 is 5.91 Å². The molecule has 130 valence electrons. The van der Waals surface area contributed by atoms with E-state index in [2.05, 4.69) is 17.1 Å². The van der Waals surface area contributed by atoms with E-state index in [0.29, 0.717) is 10.6 Å². The number of anilines is 1. The van der Waals surface area contributed by atoms with Crippen molar-refractivity contribution < 1.29 is 9.59 Å². The molecule has 1 aromatic carbocycles. The molecule has 25 heavy (non-hydrogen) atoms. The van der Waals surface area contributed by atoms with Crippen molar-refractivity contribution in [2.24, 2.45) is 5.73 Å². The highest BCUT2D eigenvalue weighted by Gasteiger charge is 2.26. The van der Waals surface area contributed by atoms with Crippen LogP contribution >= 0.6 is 11.3 Å². The van der Waals surface area contributed by atoms with Crippen molar-refractivity contribution in [3.05, 3.63) is 58.0 Å². The molecule has 5 nitrogen and oxygen atoms in total. The minimum atomic E-state index is -0.482. The molecule has 1 aromatic heterocycles. The number of hydrogen-bond acceptors (Lipinski definition) is 4. The molecular formula is C19H21N3O2S. The van der Waals surface area contributed by atoms with Crippen LogP contribution in [0.5, 0.6) is 0 Å². The standard InChI is InChI=1S/C19H21N3O2S/c1-2-22-11-10-14-15(12-22)25-19(17(14)18(20)24)21-16(23)9-8-13-6-4-3-5-7-13/h3-9H,2,10-12H2,1H3,(H2,20,24)(H,21,23)/b9-8-. The zero-order valence-corrected chi connectivity index (χ0v) is 14.9. The number of primary amides is 1. The maximum atomic E-state index is 12.2. The quantitative estimate of drug-likeness (QED) is 0.810. The Hall–Kier alpha value is -2.44. The largest absolute Gasteiger partial charge is 0.365 e. The zero-order chi connectivity index (χ0) is 17.8. The highest BCUT2D eigenvalue weighted by molar-refractivity contribution is 7.17. The van der Waals surface area contributed by atoms with Gasteiger partial charge in [-0.3, -0.25) is 14.5 Å². The van der Waals surface area contributed by atoms with Crippen molar-refractivity contribution >= 4 is 34.2 Å². The number of carbonyl (C=O) groups excluding carboxylic acids is 2. The van der Waals surface area contributed by atoms with Gasteiger partial charge in [0.05, 0.1) is 5.56 Å². The summed E-state index contributed by atoms with van der Waals surface area (Å²) >= 11 is 1.45. The third-order valence-corrected chi connectivity index (χ3v) is 5.43. The van der Waals surface area contributed by atoms with Crippen molar-refractivity contribution in [3.8, 4) is 0 Å². The summed E-state index contributed by atoms with van der Waals surface area (Å²) < 4.78 is 0. The number of benzene rings is 1. The first-order valence-corrected chi connectivity index (χ1v) is 9.11. The fourth-order valence-electron chi connectivity index (χ4n) is 2.96. The second-order valence-electron chi connectivity index (χ2n) is 5.92. The highest BCUT2D eigenvalue weighted by atomic mass is 32.1. The number of rotatable bonds is 5. The lowest BCUT2D eigenvalue weighted by Gasteiger charge is -2.25. The summed E-state index contributed by atoms with van der Waals surface area (Å²) in [6.07, 6.45) is 4.00. The number of nitrogens with zero attached hydrogens (tertiary/aromatic N) is 1. The number of hydrogen-bond donors (Lipinski definition) is 2. The molecule has 2 amide bonds. The smallest absolute Gasteiger partial charge is 0.251 e. The maximum Gasteiger partial charge on any atom is 0.251 e. The lowest BCUT2D eigenvalue weighted by Crippen LogP contribution is -2.30. The Morgan fingerprint density at radius 3 is 2.76 bits per heavy atom. The molecule has 3 rings (SSSR count). The minimum Gasteiger partial charge on any atom is -0.365 e. The van der Waals surface area contributed by atoms with Crippen LogP contribution in [0.2, 0.25) is 0 Å². The summed E-state index contributed by atoms with van der Waals surface area (Å²) in [7, 11) is 0. The number of likely N-dealkylation sites (N-methyl/N-ethyl adjacent to an activating group) is 1. The Bertz CT molecular complexity index is 812. The molecule has 6 heteroatoms. The molecule has 0 aliphatic carbocycles. The summed E-state index contributed by atoms with van der Waals surface area (Å²) in [5.41, 5.74) is 7.98. The summed E-state index contributed by atoms with van der Waals surface area (Å²) in [4.78, 5) is 27.6. The molecule has 0 bridgehead atoms. The van der Waals surface area contributed by atoms with Crippen LogP contribution in [0.4, 0.5) is 5.00 Å². The molecule has 0 unspecified atom stereocenters. The molecule has 2 heterocycles. The average molecular weight is 355 g/mol. The van der Waals surface area contributed by atoms with Gasteiger partial charge in [-0.05, 0) is 30.2 Å². The van der Waals surface area contributed by atoms with Crippen LogP contribution in [0.15, 0.2) is 36.4 Å². The second-order valence-corrected chi connectivity index (χ2v) is 7.03. The Labute approximate surface area is 151 Å². The Morgan fingerprint density at radius 1 is 1.32 bits per heavy atom. The molecule has 1 aliphatic rings. The van der Waals surface area contributed by atoms with E-state index in [0.717, 1.165) is 42.1 Å². The van der Waals surface area contributed by atoms with Gasteiger partial charge in [0.15, 0.2) is 0 Å². The molecule has 2 aromatic rings. The first kappa shape index (κ1) is 17.4. The van der Waals surface area contributed by atoms with E-state index in [1.54, 1.807) is 6.08 Å². The molecule has 0 radical (unpaired) electrons. The predicted octanol–water partition coefficient (Wildman–Crippen LogP) is 2.88. The monoisotopic (exact) mass is 355 g/mol. The molecule has 0 saturated heterocycles.